The Labute approximate surface area is 160 Å². The fourth-order valence-corrected chi connectivity index (χ4v) is 3.13. The van der Waals surface area contributed by atoms with E-state index in [9.17, 15) is 14.7 Å². The van der Waals surface area contributed by atoms with Gasteiger partial charge >= 0.3 is 0 Å². The molecule has 1 aromatic heterocycles. The molecule has 0 aliphatic rings. The molecule has 0 bridgehead atoms. The largest absolute Gasteiger partial charge is 0.506 e. The van der Waals surface area contributed by atoms with Gasteiger partial charge in [0.25, 0.3) is 5.91 Å². The third kappa shape index (κ3) is 4.86. The van der Waals surface area contributed by atoms with Gasteiger partial charge in [-0.15, -0.1) is 11.3 Å². The number of thiophene rings is 1. The van der Waals surface area contributed by atoms with Crippen molar-refractivity contribution in [1.29, 1.82) is 0 Å². The Bertz CT molecular complexity index is 937. The molecule has 27 heavy (non-hydrogen) atoms. The number of benzene rings is 2. The van der Waals surface area contributed by atoms with Crippen LogP contribution in [0.25, 0.3) is 0 Å². The summed E-state index contributed by atoms with van der Waals surface area (Å²) in [7, 11) is 1.55. The summed E-state index contributed by atoms with van der Waals surface area (Å²) < 4.78 is 5.06. The van der Waals surface area contributed by atoms with Crippen LogP contribution in [0, 0.1) is 0 Å². The van der Waals surface area contributed by atoms with Crippen molar-refractivity contribution < 1.29 is 19.4 Å². The maximum absolute atomic E-state index is 12.3. The van der Waals surface area contributed by atoms with Crippen LogP contribution in [0.15, 0.2) is 60.0 Å². The summed E-state index contributed by atoms with van der Waals surface area (Å²) >= 11 is 1.51. The second-order valence-corrected chi connectivity index (χ2v) is 6.75. The number of nitrogens with one attached hydrogen (secondary N) is 2. The van der Waals surface area contributed by atoms with Crippen molar-refractivity contribution in [3.05, 3.63) is 70.4 Å². The van der Waals surface area contributed by atoms with Gasteiger partial charge in [-0.05, 0) is 47.8 Å². The lowest BCUT2D eigenvalue weighted by atomic mass is 10.2. The second-order valence-electron chi connectivity index (χ2n) is 5.72. The van der Waals surface area contributed by atoms with Crippen molar-refractivity contribution in [1.82, 2.24) is 0 Å². The molecule has 0 aliphatic carbocycles. The number of hydrogen-bond acceptors (Lipinski definition) is 5. The number of aromatic hydroxyl groups is 1. The first-order chi connectivity index (χ1) is 13.0. The van der Waals surface area contributed by atoms with E-state index in [1.807, 2.05) is 17.5 Å². The van der Waals surface area contributed by atoms with Gasteiger partial charge in [0, 0.05) is 22.2 Å². The highest BCUT2D eigenvalue weighted by Gasteiger charge is 2.11. The Morgan fingerprint density at radius 2 is 1.85 bits per heavy atom. The SMILES string of the molecule is COc1ccc(C(=O)Nc2ccc(NC(=O)Cc3cccs3)cc2O)cc1. The molecular formula is C20H18N2O4S. The summed E-state index contributed by atoms with van der Waals surface area (Å²) in [5.41, 5.74) is 1.15. The Balaban J connectivity index is 1.63. The molecule has 7 heteroatoms. The van der Waals surface area contributed by atoms with E-state index in [0.717, 1.165) is 4.88 Å². The first-order valence-corrected chi connectivity index (χ1v) is 9.04. The van der Waals surface area contributed by atoms with Crippen LogP contribution in [0.1, 0.15) is 15.2 Å². The molecule has 1 heterocycles. The van der Waals surface area contributed by atoms with E-state index in [1.165, 1.54) is 23.5 Å². The highest BCUT2D eigenvalue weighted by atomic mass is 32.1. The molecule has 0 saturated carbocycles. The van der Waals surface area contributed by atoms with Crippen molar-refractivity contribution >= 4 is 34.5 Å². The molecule has 0 atom stereocenters. The van der Waals surface area contributed by atoms with Gasteiger partial charge in [-0.1, -0.05) is 6.07 Å². The van der Waals surface area contributed by atoms with Gasteiger partial charge < -0.3 is 20.5 Å². The molecule has 2 amide bonds. The quantitative estimate of drug-likeness (QED) is 0.564. The van der Waals surface area contributed by atoms with E-state index in [1.54, 1.807) is 37.4 Å². The van der Waals surface area contributed by atoms with Crippen LogP contribution in [-0.4, -0.2) is 24.0 Å². The molecule has 3 N–H and O–H groups in total. The zero-order chi connectivity index (χ0) is 19.2. The summed E-state index contributed by atoms with van der Waals surface area (Å²) in [6.45, 7) is 0. The van der Waals surface area contributed by atoms with Crippen molar-refractivity contribution in [3.8, 4) is 11.5 Å². The standard InChI is InChI=1S/C20H18N2O4S/c1-26-15-7-4-13(5-8-15)20(25)22-17-9-6-14(11-18(17)23)21-19(24)12-16-3-2-10-27-16/h2-11,23H,12H2,1H3,(H,21,24)(H,22,25). The summed E-state index contributed by atoms with van der Waals surface area (Å²) in [5.74, 6) is -0.0165. The third-order valence-electron chi connectivity index (χ3n) is 3.80. The van der Waals surface area contributed by atoms with Gasteiger partial charge in [0.15, 0.2) is 0 Å². The molecule has 0 saturated heterocycles. The fraction of sp³-hybridized carbons (Fsp3) is 0.100. The minimum absolute atomic E-state index is 0.134. The molecule has 3 aromatic rings. The predicted molar refractivity (Wildman–Crippen MR) is 106 cm³/mol. The Morgan fingerprint density at radius 3 is 2.48 bits per heavy atom. The number of anilines is 2. The minimum Gasteiger partial charge on any atom is -0.506 e. The van der Waals surface area contributed by atoms with Gasteiger partial charge in [-0.2, -0.15) is 0 Å². The van der Waals surface area contributed by atoms with E-state index in [4.69, 9.17) is 4.74 Å². The first kappa shape index (κ1) is 18.5. The number of phenols is 1. The minimum atomic E-state index is -0.359. The molecule has 0 fully saturated rings. The van der Waals surface area contributed by atoms with Crippen LogP contribution < -0.4 is 15.4 Å². The van der Waals surface area contributed by atoms with Crippen molar-refractivity contribution in [2.75, 3.05) is 17.7 Å². The van der Waals surface area contributed by atoms with Crippen molar-refractivity contribution in [3.63, 3.8) is 0 Å². The van der Waals surface area contributed by atoms with Crippen molar-refractivity contribution in [2.45, 2.75) is 6.42 Å². The van der Waals surface area contributed by atoms with E-state index in [0.29, 0.717) is 17.0 Å². The Hall–Kier alpha value is -3.32. The maximum Gasteiger partial charge on any atom is 0.255 e. The number of ether oxygens (including phenoxy) is 1. The highest BCUT2D eigenvalue weighted by molar-refractivity contribution is 7.10. The molecular weight excluding hydrogens is 364 g/mol. The number of hydrogen-bond donors (Lipinski definition) is 3. The van der Waals surface area contributed by atoms with Crippen LogP contribution in [0.2, 0.25) is 0 Å². The topological polar surface area (TPSA) is 87.7 Å². The smallest absolute Gasteiger partial charge is 0.255 e. The van der Waals surface area contributed by atoms with E-state index in [2.05, 4.69) is 10.6 Å². The number of phenolic OH excluding ortho intramolecular Hbond substituents is 1. The zero-order valence-corrected chi connectivity index (χ0v) is 15.4. The molecule has 6 nitrogen and oxygen atoms in total. The van der Waals surface area contributed by atoms with E-state index in [-0.39, 0.29) is 29.7 Å². The second kappa shape index (κ2) is 8.37. The number of amides is 2. The number of rotatable bonds is 6. The van der Waals surface area contributed by atoms with Crippen LogP contribution in [0.3, 0.4) is 0 Å². The molecule has 138 valence electrons. The van der Waals surface area contributed by atoms with Gasteiger partial charge in [0.1, 0.15) is 11.5 Å². The van der Waals surface area contributed by atoms with Crippen LogP contribution in [-0.2, 0) is 11.2 Å². The number of methoxy groups -OCH3 is 1. The average molecular weight is 382 g/mol. The normalized spacial score (nSPS) is 10.3. The molecule has 2 aromatic carbocycles. The first-order valence-electron chi connectivity index (χ1n) is 8.16. The summed E-state index contributed by atoms with van der Waals surface area (Å²) in [6, 6.07) is 15.0. The fourth-order valence-electron chi connectivity index (χ4n) is 2.43. The number of carbonyl (C=O) groups is 2. The summed E-state index contributed by atoms with van der Waals surface area (Å²) in [6.07, 6.45) is 0.272. The highest BCUT2D eigenvalue weighted by Crippen LogP contribution is 2.27. The molecule has 0 spiro atoms. The number of carbonyl (C=O) groups excluding carboxylic acids is 2. The summed E-state index contributed by atoms with van der Waals surface area (Å²) in [5, 5.41) is 17.4. The lowest BCUT2D eigenvalue weighted by molar-refractivity contribution is -0.115. The average Bonchev–Trinajstić information content (AvgIpc) is 3.16. The van der Waals surface area contributed by atoms with Crippen LogP contribution in [0.5, 0.6) is 11.5 Å². The Morgan fingerprint density at radius 1 is 1.07 bits per heavy atom. The van der Waals surface area contributed by atoms with E-state index < -0.39 is 0 Å². The van der Waals surface area contributed by atoms with Crippen molar-refractivity contribution in [2.24, 2.45) is 0 Å². The predicted octanol–water partition coefficient (Wildman–Crippen LogP) is 3.90. The van der Waals surface area contributed by atoms with Gasteiger partial charge in [-0.25, -0.2) is 0 Å². The van der Waals surface area contributed by atoms with Gasteiger partial charge in [0.05, 0.1) is 19.2 Å². The van der Waals surface area contributed by atoms with Gasteiger partial charge in [-0.3, -0.25) is 9.59 Å². The summed E-state index contributed by atoms with van der Waals surface area (Å²) in [4.78, 5) is 25.3. The molecule has 0 aliphatic heterocycles. The molecule has 3 rings (SSSR count). The van der Waals surface area contributed by atoms with Crippen LogP contribution >= 0.6 is 11.3 Å². The molecule has 0 unspecified atom stereocenters. The zero-order valence-electron chi connectivity index (χ0n) is 14.6. The van der Waals surface area contributed by atoms with Crippen LogP contribution in [0.4, 0.5) is 11.4 Å². The maximum atomic E-state index is 12.3. The third-order valence-corrected chi connectivity index (χ3v) is 4.67. The lowest BCUT2D eigenvalue weighted by Crippen LogP contribution is -2.14. The lowest BCUT2D eigenvalue weighted by Gasteiger charge is -2.10. The van der Waals surface area contributed by atoms with E-state index >= 15 is 0 Å². The Kier molecular flexibility index (Phi) is 5.73. The molecule has 0 radical (unpaired) electrons. The monoisotopic (exact) mass is 382 g/mol. The van der Waals surface area contributed by atoms with Gasteiger partial charge in [0.2, 0.25) is 5.91 Å².